The zero-order valence-corrected chi connectivity index (χ0v) is 16.7. The van der Waals surface area contributed by atoms with Crippen LogP contribution in [-0.4, -0.2) is 31.2 Å². The third-order valence-corrected chi connectivity index (χ3v) is 6.28. The van der Waals surface area contributed by atoms with Crippen molar-refractivity contribution in [3.05, 3.63) is 71.2 Å². The van der Waals surface area contributed by atoms with Crippen LogP contribution in [0.3, 0.4) is 0 Å². The predicted molar refractivity (Wildman–Crippen MR) is 106 cm³/mol. The number of alkyl halides is 3. The topological polar surface area (TPSA) is 64.3 Å². The molecule has 2 aromatic carbocycles. The average Bonchev–Trinajstić information content (AvgIpc) is 3.46. The minimum atomic E-state index is -4.57. The van der Waals surface area contributed by atoms with Crippen molar-refractivity contribution in [2.24, 2.45) is 0 Å². The highest BCUT2D eigenvalue weighted by molar-refractivity contribution is 5.71. The second kappa shape index (κ2) is 6.59. The van der Waals surface area contributed by atoms with E-state index in [0.29, 0.717) is 36.1 Å². The highest BCUT2D eigenvalue weighted by Gasteiger charge is 2.57. The maximum absolute atomic E-state index is 13.0. The summed E-state index contributed by atoms with van der Waals surface area (Å²) >= 11 is 0. The molecule has 1 aromatic heterocycles. The maximum atomic E-state index is 13.0. The smallest absolute Gasteiger partial charge is 0.449 e. The van der Waals surface area contributed by atoms with Crippen LogP contribution in [0.5, 0.6) is 17.2 Å². The number of furan rings is 1. The highest BCUT2D eigenvalue weighted by Crippen LogP contribution is 2.56. The van der Waals surface area contributed by atoms with Gasteiger partial charge in [0.05, 0.1) is 6.54 Å². The van der Waals surface area contributed by atoms with Crippen LogP contribution in [0.4, 0.5) is 18.9 Å². The molecule has 6 rings (SSSR count). The first-order valence-electron chi connectivity index (χ1n) is 10.1. The number of para-hydroxylation sites is 1. The Morgan fingerprint density at radius 3 is 2.44 bits per heavy atom. The summed E-state index contributed by atoms with van der Waals surface area (Å²) in [4.78, 5) is 1.64. The van der Waals surface area contributed by atoms with Crippen LogP contribution in [0.25, 0.3) is 0 Å². The summed E-state index contributed by atoms with van der Waals surface area (Å²) in [5.41, 5.74) is 1.35. The molecule has 9 heteroatoms. The van der Waals surface area contributed by atoms with Crippen LogP contribution < -0.4 is 19.1 Å². The van der Waals surface area contributed by atoms with Gasteiger partial charge in [-0.3, -0.25) is 0 Å². The van der Waals surface area contributed by atoms with E-state index in [4.69, 9.17) is 18.6 Å². The van der Waals surface area contributed by atoms with Crippen molar-refractivity contribution < 1.29 is 36.9 Å². The summed E-state index contributed by atoms with van der Waals surface area (Å²) in [5, 5.41) is 11.5. The van der Waals surface area contributed by atoms with Crippen molar-refractivity contribution >= 4 is 5.69 Å². The molecule has 3 aromatic rings. The summed E-state index contributed by atoms with van der Waals surface area (Å²) in [6.07, 6.45) is -5.66. The fourth-order valence-corrected chi connectivity index (χ4v) is 4.84. The fraction of sp³-hybridized carbons (Fsp3) is 0.304. The minimum Gasteiger partial charge on any atom is -0.492 e. The van der Waals surface area contributed by atoms with Crippen LogP contribution in [-0.2, 0) is 18.1 Å². The number of aliphatic hydroxyl groups excluding tert-OH is 1. The molecule has 2 atom stereocenters. The molecule has 0 aliphatic carbocycles. The van der Waals surface area contributed by atoms with Gasteiger partial charge in [0.1, 0.15) is 43.0 Å². The Labute approximate surface area is 180 Å². The molecule has 3 aliphatic heterocycles. The maximum Gasteiger partial charge on any atom is 0.449 e. The van der Waals surface area contributed by atoms with Gasteiger partial charge in [-0.1, -0.05) is 18.2 Å². The number of hydrogen-bond donors (Lipinski definition) is 1. The summed E-state index contributed by atoms with van der Waals surface area (Å²) in [7, 11) is 0. The number of ether oxygens (including phenoxy) is 3. The lowest BCUT2D eigenvalue weighted by molar-refractivity contribution is -0.153. The molecular weight excluding hydrogens is 427 g/mol. The van der Waals surface area contributed by atoms with Crippen molar-refractivity contribution in [3.63, 3.8) is 0 Å². The zero-order valence-electron chi connectivity index (χ0n) is 16.7. The first kappa shape index (κ1) is 19.4. The first-order chi connectivity index (χ1) is 15.4. The first-order valence-corrected chi connectivity index (χ1v) is 10.1. The van der Waals surface area contributed by atoms with Crippen LogP contribution in [0.15, 0.2) is 52.9 Å². The molecular formula is C23H18F3NO5. The van der Waals surface area contributed by atoms with Crippen LogP contribution in [0.1, 0.15) is 22.6 Å². The lowest BCUT2D eigenvalue weighted by Crippen LogP contribution is -2.46. The number of hydrogen-bond acceptors (Lipinski definition) is 6. The average molecular weight is 445 g/mol. The molecule has 0 amide bonds. The monoisotopic (exact) mass is 445 g/mol. The van der Waals surface area contributed by atoms with E-state index < -0.39 is 23.6 Å². The van der Waals surface area contributed by atoms with Crippen LogP contribution in [0.2, 0.25) is 0 Å². The Balaban J connectivity index is 1.43. The zero-order chi connectivity index (χ0) is 22.1. The van der Waals surface area contributed by atoms with Gasteiger partial charge in [-0.25, -0.2) is 0 Å². The van der Waals surface area contributed by atoms with Crippen molar-refractivity contribution in [2.45, 2.75) is 24.4 Å². The van der Waals surface area contributed by atoms with Gasteiger partial charge in [-0.2, -0.15) is 13.2 Å². The summed E-state index contributed by atoms with van der Waals surface area (Å²) in [5.74, 6) is 0.776. The van der Waals surface area contributed by atoms with E-state index in [0.717, 1.165) is 17.2 Å². The largest absolute Gasteiger partial charge is 0.492 e. The van der Waals surface area contributed by atoms with Crippen molar-refractivity contribution in [1.29, 1.82) is 0 Å². The standard InChI is InChI=1S/C23H18F3NO5/c24-23(25,26)20-6-5-13(32-20)11-27-16-4-2-1-3-14(16)22(21(27)28)12-31-17-10-19-18(9-15(17)22)29-7-8-30-19/h1-6,9-10,21,28H,7-8,11-12H2. The normalized spacial score (nSPS) is 23.2. The number of benzene rings is 2. The number of fused-ring (bicyclic) bond motifs is 5. The Morgan fingerprint density at radius 1 is 0.938 bits per heavy atom. The molecule has 0 fully saturated rings. The number of rotatable bonds is 2. The Morgan fingerprint density at radius 2 is 1.69 bits per heavy atom. The molecule has 32 heavy (non-hydrogen) atoms. The third-order valence-electron chi connectivity index (χ3n) is 6.28. The van der Waals surface area contributed by atoms with Gasteiger partial charge >= 0.3 is 6.18 Å². The van der Waals surface area contributed by atoms with Gasteiger partial charge in [0, 0.05) is 17.3 Å². The minimum absolute atomic E-state index is 0.0319. The van der Waals surface area contributed by atoms with Gasteiger partial charge < -0.3 is 28.6 Å². The van der Waals surface area contributed by atoms with Crippen molar-refractivity contribution in [2.75, 3.05) is 24.7 Å². The number of halogens is 3. The molecule has 4 heterocycles. The Hall–Kier alpha value is -3.33. The second-order valence-electron chi connectivity index (χ2n) is 8.03. The molecule has 1 N–H and O–H groups in total. The molecule has 0 saturated carbocycles. The Kier molecular flexibility index (Phi) is 3.98. The third kappa shape index (κ3) is 2.63. The van der Waals surface area contributed by atoms with E-state index in [2.05, 4.69) is 0 Å². The molecule has 3 aliphatic rings. The van der Waals surface area contributed by atoms with Gasteiger partial charge in [-0.05, 0) is 29.8 Å². The van der Waals surface area contributed by atoms with Gasteiger partial charge in [0.25, 0.3) is 0 Å². The molecule has 6 nitrogen and oxygen atoms in total. The summed E-state index contributed by atoms with van der Waals surface area (Å²) in [6.45, 7) is 1.01. The van der Waals surface area contributed by atoms with E-state index in [1.165, 1.54) is 6.07 Å². The van der Waals surface area contributed by atoms with E-state index >= 15 is 0 Å². The van der Waals surface area contributed by atoms with Gasteiger partial charge in [-0.15, -0.1) is 0 Å². The summed E-state index contributed by atoms with van der Waals surface area (Å²) < 4.78 is 61.3. The van der Waals surface area contributed by atoms with Crippen molar-refractivity contribution in [1.82, 2.24) is 0 Å². The fourth-order valence-electron chi connectivity index (χ4n) is 4.84. The molecule has 0 radical (unpaired) electrons. The van der Waals surface area contributed by atoms with E-state index in [-0.39, 0.29) is 18.9 Å². The number of aliphatic hydroxyl groups is 1. The van der Waals surface area contributed by atoms with Crippen LogP contribution in [0, 0.1) is 0 Å². The second-order valence-corrected chi connectivity index (χ2v) is 8.03. The Bertz CT molecular complexity index is 1210. The van der Waals surface area contributed by atoms with Crippen LogP contribution >= 0.6 is 0 Å². The summed E-state index contributed by atoms with van der Waals surface area (Å²) in [6, 6.07) is 13.2. The predicted octanol–water partition coefficient (Wildman–Crippen LogP) is 4.09. The van der Waals surface area contributed by atoms with E-state index in [1.807, 2.05) is 30.3 Å². The molecule has 0 saturated heterocycles. The van der Waals surface area contributed by atoms with Gasteiger partial charge in [0.15, 0.2) is 11.5 Å². The highest BCUT2D eigenvalue weighted by atomic mass is 19.4. The molecule has 2 unspecified atom stereocenters. The molecule has 0 bridgehead atoms. The van der Waals surface area contributed by atoms with Crippen molar-refractivity contribution in [3.8, 4) is 17.2 Å². The quantitative estimate of drug-likeness (QED) is 0.641. The number of nitrogens with zero attached hydrogens (tertiary/aromatic N) is 1. The molecule has 1 spiro atoms. The number of anilines is 1. The molecule has 166 valence electrons. The van der Waals surface area contributed by atoms with E-state index in [9.17, 15) is 18.3 Å². The SMILES string of the molecule is OC1N(Cc2ccc(C(F)(F)F)o2)c2ccccc2C12COc1cc3c(cc12)OCCO3. The lowest BCUT2D eigenvalue weighted by Gasteiger charge is -2.32. The lowest BCUT2D eigenvalue weighted by atomic mass is 9.76. The van der Waals surface area contributed by atoms with Gasteiger partial charge in [0.2, 0.25) is 5.76 Å². The van der Waals surface area contributed by atoms with E-state index in [1.54, 1.807) is 11.0 Å².